The highest BCUT2D eigenvalue weighted by Gasteiger charge is 2.24. The highest BCUT2D eigenvalue weighted by molar-refractivity contribution is 8.18. The summed E-state index contributed by atoms with van der Waals surface area (Å²) >= 11 is 1.25. The number of carboxylic acid groups (broad SMARTS) is 1. The number of carboxylic acids is 1. The number of aliphatic imine (C=N–C) groups is 1. The number of rotatable bonds is 5. The molecule has 4 rings (SSSR count). The quantitative estimate of drug-likeness (QED) is 0.563. The van der Waals surface area contributed by atoms with Crippen molar-refractivity contribution in [1.29, 1.82) is 0 Å². The number of amidine groups is 1. The topological polar surface area (TPSA) is 91.9 Å². The molecule has 3 aromatic rings. The molecule has 1 fully saturated rings. The number of aromatic carboxylic acids is 1. The van der Waals surface area contributed by atoms with E-state index in [0.717, 1.165) is 17.7 Å². The maximum Gasteiger partial charge on any atom is 0.335 e. The minimum atomic E-state index is -0.977. The number of furan rings is 1. The number of nitrogens with zero attached hydrogens (tertiary/aromatic N) is 1. The molecule has 0 aliphatic carbocycles. The standard InChI is InChI=1S/C23H18N2O4S/c1-2-14-3-9-17(10-4-14)24-23-25-21(26)20(30-23)13-18-11-12-19(29-18)15-5-7-16(8-6-15)22(27)28/h3-13H,2H2,1H3,(H,27,28)(H,24,25,26)/b20-13-. The first kappa shape index (κ1) is 19.7. The summed E-state index contributed by atoms with van der Waals surface area (Å²) in [5.74, 6) is -0.0900. The Kier molecular flexibility index (Phi) is 5.54. The molecule has 0 atom stereocenters. The Morgan fingerprint density at radius 1 is 1.10 bits per heavy atom. The Morgan fingerprint density at radius 2 is 1.83 bits per heavy atom. The van der Waals surface area contributed by atoms with Crippen molar-refractivity contribution >= 4 is 40.6 Å². The zero-order chi connectivity index (χ0) is 21.1. The highest BCUT2D eigenvalue weighted by atomic mass is 32.2. The number of hydrogen-bond acceptors (Lipinski definition) is 5. The molecule has 6 nitrogen and oxygen atoms in total. The Bertz CT molecular complexity index is 1160. The maximum absolute atomic E-state index is 12.3. The number of carbonyl (C=O) groups excluding carboxylic acids is 1. The summed E-state index contributed by atoms with van der Waals surface area (Å²) in [7, 11) is 0. The lowest BCUT2D eigenvalue weighted by Gasteiger charge is -1.98. The first-order chi connectivity index (χ1) is 14.5. The number of benzene rings is 2. The van der Waals surface area contributed by atoms with Gasteiger partial charge in [-0.2, -0.15) is 0 Å². The lowest BCUT2D eigenvalue weighted by Crippen LogP contribution is -2.19. The Labute approximate surface area is 177 Å². The maximum atomic E-state index is 12.3. The van der Waals surface area contributed by atoms with Gasteiger partial charge in [-0.3, -0.25) is 4.79 Å². The van der Waals surface area contributed by atoms with Crippen LogP contribution in [0.1, 0.15) is 28.6 Å². The van der Waals surface area contributed by atoms with Gasteiger partial charge in [0.1, 0.15) is 11.5 Å². The van der Waals surface area contributed by atoms with Crippen LogP contribution >= 0.6 is 11.8 Å². The van der Waals surface area contributed by atoms with E-state index in [4.69, 9.17) is 9.52 Å². The molecule has 0 bridgehead atoms. The molecule has 30 heavy (non-hydrogen) atoms. The van der Waals surface area contributed by atoms with Crippen molar-refractivity contribution in [1.82, 2.24) is 5.32 Å². The number of aryl methyl sites for hydroxylation is 1. The molecule has 1 aliphatic rings. The predicted molar refractivity (Wildman–Crippen MR) is 118 cm³/mol. The van der Waals surface area contributed by atoms with Crippen molar-refractivity contribution in [2.45, 2.75) is 13.3 Å². The summed E-state index contributed by atoms with van der Waals surface area (Å²) in [6.45, 7) is 2.09. The van der Waals surface area contributed by atoms with E-state index in [-0.39, 0.29) is 11.5 Å². The SMILES string of the molecule is CCc1ccc(N=C2NC(=O)/C(=C/c3ccc(-c4ccc(C(=O)O)cc4)o3)S2)cc1. The molecular weight excluding hydrogens is 400 g/mol. The van der Waals surface area contributed by atoms with Gasteiger partial charge in [-0.15, -0.1) is 0 Å². The fourth-order valence-electron chi connectivity index (χ4n) is 2.90. The van der Waals surface area contributed by atoms with Gasteiger partial charge in [0.25, 0.3) is 5.91 Å². The molecule has 0 spiro atoms. The second-order valence-electron chi connectivity index (χ2n) is 6.59. The van der Waals surface area contributed by atoms with Crippen LogP contribution in [0, 0.1) is 0 Å². The van der Waals surface area contributed by atoms with Crippen molar-refractivity contribution < 1.29 is 19.1 Å². The van der Waals surface area contributed by atoms with Crippen LogP contribution in [0.4, 0.5) is 5.69 Å². The molecule has 0 unspecified atom stereocenters. The van der Waals surface area contributed by atoms with Crippen molar-refractivity contribution in [3.63, 3.8) is 0 Å². The van der Waals surface area contributed by atoms with E-state index in [0.29, 0.717) is 21.6 Å². The summed E-state index contributed by atoms with van der Waals surface area (Å²) < 4.78 is 5.80. The molecule has 0 saturated carbocycles. The van der Waals surface area contributed by atoms with Crippen LogP contribution in [0.25, 0.3) is 17.4 Å². The smallest absolute Gasteiger partial charge is 0.335 e. The second kappa shape index (κ2) is 8.42. The fraction of sp³-hybridized carbons (Fsp3) is 0.0870. The number of hydrogen-bond donors (Lipinski definition) is 2. The van der Waals surface area contributed by atoms with Crippen LogP contribution in [0.5, 0.6) is 0 Å². The van der Waals surface area contributed by atoms with Gasteiger partial charge in [0, 0.05) is 11.6 Å². The average molecular weight is 418 g/mol. The molecule has 2 heterocycles. The molecule has 0 radical (unpaired) electrons. The Balaban J connectivity index is 1.50. The van der Waals surface area contributed by atoms with Gasteiger partial charge >= 0.3 is 5.97 Å². The number of carbonyl (C=O) groups is 2. The minimum Gasteiger partial charge on any atom is -0.478 e. The molecule has 2 aromatic carbocycles. The predicted octanol–water partition coefficient (Wildman–Crippen LogP) is 5.10. The Morgan fingerprint density at radius 3 is 2.50 bits per heavy atom. The van der Waals surface area contributed by atoms with E-state index in [1.54, 1.807) is 30.3 Å². The van der Waals surface area contributed by atoms with E-state index in [2.05, 4.69) is 17.2 Å². The minimum absolute atomic E-state index is 0.211. The largest absolute Gasteiger partial charge is 0.478 e. The molecule has 1 aliphatic heterocycles. The van der Waals surface area contributed by atoms with Crippen LogP contribution < -0.4 is 5.32 Å². The van der Waals surface area contributed by atoms with Crippen molar-refractivity contribution in [2.75, 3.05) is 0 Å². The van der Waals surface area contributed by atoms with Crippen molar-refractivity contribution in [3.8, 4) is 11.3 Å². The van der Waals surface area contributed by atoms with E-state index in [1.165, 1.54) is 29.5 Å². The normalized spacial score (nSPS) is 16.2. The highest BCUT2D eigenvalue weighted by Crippen LogP contribution is 2.30. The first-order valence-corrected chi connectivity index (χ1v) is 10.2. The van der Waals surface area contributed by atoms with E-state index in [1.807, 2.05) is 24.3 Å². The number of thioether (sulfide) groups is 1. The molecule has 1 amide bonds. The zero-order valence-electron chi connectivity index (χ0n) is 16.1. The van der Waals surface area contributed by atoms with Crippen LogP contribution in [0.3, 0.4) is 0 Å². The lowest BCUT2D eigenvalue weighted by atomic mass is 10.1. The average Bonchev–Trinajstić information content (AvgIpc) is 3.35. The van der Waals surface area contributed by atoms with Gasteiger partial charge in [0.2, 0.25) is 0 Å². The zero-order valence-corrected chi connectivity index (χ0v) is 16.9. The molecular formula is C23H18N2O4S. The summed E-state index contributed by atoms with van der Waals surface area (Å²) in [5.41, 5.74) is 2.98. The molecule has 2 N–H and O–H groups in total. The van der Waals surface area contributed by atoms with Gasteiger partial charge in [0.15, 0.2) is 5.17 Å². The summed E-state index contributed by atoms with van der Waals surface area (Å²) in [5, 5.41) is 12.3. The third-order valence-electron chi connectivity index (χ3n) is 4.54. The van der Waals surface area contributed by atoms with Gasteiger partial charge in [0.05, 0.1) is 16.2 Å². The van der Waals surface area contributed by atoms with Crippen molar-refractivity contribution in [2.24, 2.45) is 4.99 Å². The monoisotopic (exact) mass is 418 g/mol. The van der Waals surface area contributed by atoms with Crippen molar-refractivity contribution in [3.05, 3.63) is 82.5 Å². The molecule has 1 saturated heterocycles. The van der Waals surface area contributed by atoms with Crippen LogP contribution in [0.15, 0.2) is 75.0 Å². The Hall–Kier alpha value is -3.58. The lowest BCUT2D eigenvalue weighted by molar-refractivity contribution is -0.115. The third-order valence-corrected chi connectivity index (χ3v) is 5.45. The second-order valence-corrected chi connectivity index (χ2v) is 7.62. The van der Waals surface area contributed by atoms with Crippen LogP contribution in [-0.4, -0.2) is 22.2 Å². The molecule has 7 heteroatoms. The first-order valence-electron chi connectivity index (χ1n) is 9.34. The van der Waals surface area contributed by atoms with Gasteiger partial charge in [-0.1, -0.05) is 31.2 Å². The summed E-state index contributed by atoms with van der Waals surface area (Å²) in [4.78, 5) is 28.2. The number of amides is 1. The van der Waals surface area contributed by atoms with Gasteiger partial charge in [-0.05, 0) is 60.1 Å². The van der Waals surface area contributed by atoms with E-state index in [9.17, 15) is 9.59 Å². The summed E-state index contributed by atoms with van der Waals surface area (Å²) in [6, 6.07) is 17.8. The van der Waals surface area contributed by atoms with E-state index < -0.39 is 5.97 Å². The fourth-order valence-corrected chi connectivity index (χ4v) is 3.72. The van der Waals surface area contributed by atoms with Crippen LogP contribution in [-0.2, 0) is 11.2 Å². The third kappa shape index (κ3) is 4.36. The van der Waals surface area contributed by atoms with E-state index >= 15 is 0 Å². The van der Waals surface area contributed by atoms with Gasteiger partial charge in [-0.25, -0.2) is 9.79 Å². The summed E-state index contributed by atoms with van der Waals surface area (Å²) in [6.07, 6.45) is 2.63. The molecule has 150 valence electrons. The van der Waals surface area contributed by atoms with Crippen LogP contribution in [0.2, 0.25) is 0 Å². The number of nitrogens with one attached hydrogen (secondary N) is 1. The van der Waals surface area contributed by atoms with Gasteiger partial charge < -0.3 is 14.8 Å². The molecule has 1 aromatic heterocycles.